The first-order valence-electron chi connectivity index (χ1n) is 9.32. The van der Waals surface area contributed by atoms with Crippen LogP contribution in [-0.2, 0) is 0 Å². The van der Waals surface area contributed by atoms with Gasteiger partial charge < -0.3 is 10.2 Å². The van der Waals surface area contributed by atoms with Gasteiger partial charge in [-0.1, -0.05) is 11.6 Å². The number of amides is 1. The van der Waals surface area contributed by atoms with Crippen molar-refractivity contribution in [2.24, 2.45) is 0 Å². The van der Waals surface area contributed by atoms with Crippen molar-refractivity contribution in [1.82, 2.24) is 15.5 Å². The molecule has 2 heterocycles. The summed E-state index contributed by atoms with van der Waals surface area (Å²) < 4.78 is 26.5. The van der Waals surface area contributed by atoms with Crippen molar-refractivity contribution >= 4 is 23.3 Å². The third kappa shape index (κ3) is 4.40. The van der Waals surface area contributed by atoms with Crippen molar-refractivity contribution in [1.29, 1.82) is 0 Å². The Morgan fingerprint density at radius 1 is 1.07 bits per heavy atom. The Balaban J connectivity index is 1.35. The number of H-pyrrole nitrogens is 1. The summed E-state index contributed by atoms with van der Waals surface area (Å²) in [5.74, 6) is -0.337. The molecule has 1 fully saturated rings. The number of piperidine rings is 1. The Labute approximate surface area is 171 Å². The minimum atomic E-state index is -0.495. The monoisotopic (exact) mass is 416 g/mol. The Morgan fingerprint density at radius 3 is 2.48 bits per heavy atom. The summed E-state index contributed by atoms with van der Waals surface area (Å²) in [6.45, 7) is 1.44. The third-order valence-electron chi connectivity index (χ3n) is 5.05. The molecule has 3 aromatic rings. The van der Waals surface area contributed by atoms with E-state index < -0.39 is 5.82 Å². The van der Waals surface area contributed by atoms with Crippen molar-refractivity contribution in [2.75, 3.05) is 18.0 Å². The van der Waals surface area contributed by atoms with Gasteiger partial charge in [0.1, 0.15) is 11.6 Å². The van der Waals surface area contributed by atoms with E-state index in [4.69, 9.17) is 11.6 Å². The van der Waals surface area contributed by atoms with Gasteiger partial charge in [0.15, 0.2) is 5.82 Å². The first kappa shape index (κ1) is 19.4. The van der Waals surface area contributed by atoms with Gasteiger partial charge in [-0.2, -0.15) is 5.10 Å². The Morgan fingerprint density at radius 2 is 1.76 bits per heavy atom. The number of aromatic nitrogens is 2. The van der Waals surface area contributed by atoms with E-state index in [1.807, 2.05) is 6.07 Å². The number of halogens is 3. The minimum absolute atomic E-state index is 0.0198. The molecule has 0 aliphatic carbocycles. The SMILES string of the molecule is O=C(NC1CCN(c2cc(-c3ccc(F)cc3)[nH]n2)CC1)c1cc(F)ccc1Cl. The van der Waals surface area contributed by atoms with Crippen molar-refractivity contribution in [2.45, 2.75) is 18.9 Å². The smallest absolute Gasteiger partial charge is 0.253 e. The average molecular weight is 417 g/mol. The summed E-state index contributed by atoms with van der Waals surface area (Å²) >= 11 is 6.01. The van der Waals surface area contributed by atoms with Crippen LogP contribution in [0.25, 0.3) is 11.3 Å². The summed E-state index contributed by atoms with van der Waals surface area (Å²) in [6, 6.07) is 11.9. The molecule has 1 aromatic heterocycles. The average Bonchev–Trinajstić information content (AvgIpc) is 3.21. The van der Waals surface area contributed by atoms with Crippen molar-refractivity contribution in [3.63, 3.8) is 0 Å². The van der Waals surface area contributed by atoms with Gasteiger partial charge in [0, 0.05) is 25.2 Å². The molecule has 0 spiro atoms. The van der Waals surface area contributed by atoms with Gasteiger partial charge in [-0.3, -0.25) is 9.89 Å². The molecule has 1 aliphatic heterocycles. The molecular weight excluding hydrogens is 398 g/mol. The normalized spacial score (nSPS) is 14.8. The van der Waals surface area contributed by atoms with Crippen LogP contribution in [0.5, 0.6) is 0 Å². The highest BCUT2D eigenvalue weighted by molar-refractivity contribution is 6.33. The molecule has 0 unspecified atom stereocenters. The summed E-state index contributed by atoms with van der Waals surface area (Å²) in [4.78, 5) is 14.5. The fourth-order valence-corrected chi connectivity index (χ4v) is 3.64. The fourth-order valence-electron chi connectivity index (χ4n) is 3.44. The predicted octanol–water partition coefficient (Wildman–Crippen LogP) is 4.41. The quantitative estimate of drug-likeness (QED) is 0.662. The van der Waals surface area contributed by atoms with Gasteiger partial charge in [-0.25, -0.2) is 8.78 Å². The van der Waals surface area contributed by atoms with E-state index in [9.17, 15) is 13.6 Å². The minimum Gasteiger partial charge on any atom is -0.355 e. The van der Waals surface area contributed by atoms with Gasteiger partial charge >= 0.3 is 0 Å². The van der Waals surface area contributed by atoms with Crippen LogP contribution < -0.4 is 10.2 Å². The lowest BCUT2D eigenvalue weighted by Crippen LogP contribution is -2.44. The number of carbonyl (C=O) groups is 1. The predicted molar refractivity (Wildman–Crippen MR) is 108 cm³/mol. The molecule has 2 N–H and O–H groups in total. The maximum atomic E-state index is 13.4. The molecule has 150 valence electrons. The number of hydrogen-bond donors (Lipinski definition) is 2. The maximum Gasteiger partial charge on any atom is 0.253 e. The van der Waals surface area contributed by atoms with E-state index >= 15 is 0 Å². The van der Waals surface area contributed by atoms with Gasteiger partial charge in [0.25, 0.3) is 5.91 Å². The fraction of sp³-hybridized carbons (Fsp3) is 0.238. The highest BCUT2D eigenvalue weighted by atomic mass is 35.5. The molecule has 0 saturated carbocycles. The number of carbonyl (C=O) groups excluding carboxylic acids is 1. The number of rotatable bonds is 4. The zero-order valence-corrected chi connectivity index (χ0v) is 16.2. The lowest BCUT2D eigenvalue weighted by atomic mass is 10.0. The first-order chi connectivity index (χ1) is 14.0. The molecule has 5 nitrogen and oxygen atoms in total. The number of nitrogens with zero attached hydrogens (tertiary/aromatic N) is 2. The standard InChI is InChI=1S/C21H19ClF2N4O/c22-18-6-5-15(24)11-17(18)21(29)25-16-7-9-28(10-8-16)20-12-19(26-27-20)13-1-3-14(23)4-2-13/h1-6,11-12,16H,7-10H2,(H,25,29)(H,26,27). The first-order valence-corrected chi connectivity index (χ1v) is 9.69. The molecule has 4 rings (SSSR count). The van der Waals surface area contributed by atoms with Gasteiger partial charge in [0.05, 0.1) is 16.3 Å². The molecule has 2 aromatic carbocycles. The Hall–Kier alpha value is -2.93. The molecule has 29 heavy (non-hydrogen) atoms. The lowest BCUT2D eigenvalue weighted by Gasteiger charge is -2.32. The van der Waals surface area contributed by atoms with Crippen molar-refractivity contribution in [3.8, 4) is 11.3 Å². The van der Waals surface area contributed by atoms with Crippen LogP contribution in [0.15, 0.2) is 48.5 Å². The van der Waals surface area contributed by atoms with Crippen LogP contribution in [0.2, 0.25) is 5.02 Å². The van der Waals surface area contributed by atoms with E-state index in [1.54, 1.807) is 12.1 Å². The summed E-state index contributed by atoms with van der Waals surface area (Å²) in [5, 5.41) is 10.5. The van der Waals surface area contributed by atoms with E-state index in [1.165, 1.54) is 24.3 Å². The second kappa shape index (κ2) is 8.21. The van der Waals surface area contributed by atoms with Gasteiger partial charge in [-0.05, 0) is 60.9 Å². The van der Waals surface area contributed by atoms with E-state index in [-0.39, 0.29) is 28.4 Å². The van der Waals surface area contributed by atoms with Crippen molar-refractivity contribution < 1.29 is 13.6 Å². The van der Waals surface area contributed by atoms with E-state index in [0.29, 0.717) is 0 Å². The zero-order valence-electron chi connectivity index (χ0n) is 15.5. The number of anilines is 1. The molecule has 0 bridgehead atoms. The molecule has 1 aliphatic rings. The molecule has 8 heteroatoms. The van der Waals surface area contributed by atoms with Crippen LogP contribution in [0.4, 0.5) is 14.6 Å². The summed E-state index contributed by atoms with van der Waals surface area (Å²) in [5.41, 5.74) is 1.82. The van der Waals surface area contributed by atoms with E-state index in [2.05, 4.69) is 20.4 Å². The number of benzene rings is 2. The van der Waals surface area contributed by atoms with Crippen molar-refractivity contribution in [3.05, 3.63) is 70.8 Å². The lowest BCUT2D eigenvalue weighted by molar-refractivity contribution is 0.0931. The molecule has 1 saturated heterocycles. The highest BCUT2D eigenvalue weighted by Gasteiger charge is 2.23. The molecule has 0 radical (unpaired) electrons. The molecule has 1 amide bonds. The maximum absolute atomic E-state index is 13.4. The number of hydrogen-bond acceptors (Lipinski definition) is 3. The Kier molecular flexibility index (Phi) is 5.49. The highest BCUT2D eigenvalue weighted by Crippen LogP contribution is 2.25. The van der Waals surface area contributed by atoms with Crippen LogP contribution in [0, 0.1) is 11.6 Å². The van der Waals surface area contributed by atoms with Crippen LogP contribution in [0.1, 0.15) is 23.2 Å². The Bertz CT molecular complexity index is 1010. The molecular formula is C21H19ClF2N4O. The third-order valence-corrected chi connectivity index (χ3v) is 5.38. The number of nitrogens with one attached hydrogen (secondary N) is 2. The number of aromatic amines is 1. The topological polar surface area (TPSA) is 61.0 Å². The largest absolute Gasteiger partial charge is 0.355 e. The van der Waals surface area contributed by atoms with Crippen LogP contribution >= 0.6 is 11.6 Å². The second-order valence-electron chi connectivity index (χ2n) is 7.01. The van der Waals surface area contributed by atoms with Gasteiger partial charge in [-0.15, -0.1) is 0 Å². The van der Waals surface area contributed by atoms with Gasteiger partial charge in [0.2, 0.25) is 0 Å². The molecule has 0 atom stereocenters. The van der Waals surface area contributed by atoms with E-state index in [0.717, 1.165) is 49.1 Å². The van der Waals surface area contributed by atoms with Crippen LogP contribution in [-0.4, -0.2) is 35.2 Å². The summed E-state index contributed by atoms with van der Waals surface area (Å²) in [7, 11) is 0. The second-order valence-corrected chi connectivity index (χ2v) is 7.41. The van der Waals surface area contributed by atoms with Crippen LogP contribution in [0.3, 0.4) is 0 Å². The summed E-state index contributed by atoms with van der Waals surface area (Å²) in [6.07, 6.45) is 1.47. The zero-order chi connectivity index (χ0) is 20.4.